The van der Waals surface area contributed by atoms with Gasteiger partial charge >= 0.3 is 0 Å². The van der Waals surface area contributed by atoms with Gasteiger partial charge in [-0.3, -0.25) is 4.79 Å². The van der Waals surface area contributed by atoms with E-state index >= 15 is 0 Å². The largest absolute Gasteiger partial charge is 0.380 e. The molecule has 0 aliphatic heterocycles. The van der Waals surface area contributed by atoms with Gasteiger partial charge in [-0.2, -0.15) is 5.10 Å². The van der Waals surface area contributed by atoms with E-state index in [2.05, 4.69) is 15.1 Å². The molecule has 0 fully saturated rings. The Morgan fingerprint density at radius 1 is 1.31 bits per heavy atom. The summed E-state index contributed by atoms with van der Waals surface area (Å²) in [7, 11) is 1.52. The normalized spacial score (nSPS) is 10.5. The summed E-state index contributed by atoms with van der Waals surface area (Å²) < 4.78 is 1.15. The number of nitrogen functional groups attached to an aromatic ring is 1. The third-order valence-corrected chi connectivity index (χ3v) is 1.70. The van der Waals surface area contributed by atoms with Gasteiger partial charge in [0.2, 0.25) is 0 Å². The fourth-order valence-electron chi connectivity index (χ4n) is 1.09. The molecule has 0 amide bonds. The van der Waals surface area contributed by atoms with Crippen molar-refractivity contribution < 1.29 is 0 Å². The molecular formula is C7H7N5O. The number of nitrogens with zero attached hydrogens (tertiary/aromatic N) is 4. The van der Waals surface area contributed by atoms with Gasteiger partial charge in [-0.15, -0.1) is 0 Å². The van der Waals surface area contributed by atoms with E-state index in [1.807, 2.05) is 0 Å². The molecule has 0 saturated carbocycles. The van der Waals surface area contributed by atoms with Crippen LogP contribution >= 0.6 is 0 Å². The lowest BCUT2D eigenvalue weighted by atomic mass is 10.4. The minimum absolute atomic E-state index is 0.213. The Bertz CT molecular complexity index is 518. The summed E-state index contributed by atoms with van der Waals surface area (Å²) in [6.45, 7) is 0. The monoisotopic (exact) mass is 177 g/mol. The van der Waals surface area contributed by atoms with Crippen LogP contribution < -0.4 is 11.3 Å². The van der Waals surface area contributed by atoms with Crippen molar-refractivity contribution >= 4 is 16.9 Å². The van der Waals surface area contributed by atoms with Crippen molar-refractivity contribution in [1.29, 1.82) is 0 Å². The summed E-state index contributed by atoms with van der Waals surface area (Å²) in [6.07, 6.45) is 2.92. The van der Waals surface area contributed by atoms with Crippen LogP contribution in [0.25, 0.3) is 11.0 Å². The average Bonchev–Trinajstić information content (AvgIpc) is 2.15. The van der Waals surface area contributed by atoms with Crippen molar-refractivity contribution in [3.05, 3.63) is 22.7 Å². The zero-order valence-corrected chi connectivity index (χ0v) is 6.93. The molecule has 0 saturated heterocycles. The Hall–Kier alpha value is -1.98. The van der Waals surface area contributed by atoms with Crippen molar-refractivity contribution in [2.24, 2.45) is 7.05 Å². The highest BCUT2D eigenvalue weighted by Crippen LogP contribution is 2.07. The van der Waals surface area contributed by atoms with Crippen molar-refractivity contribution in [3.8, 4) is 0 Å². The van der Waals surface area contributed by atoms with E-state index in [9.17, 15) is 4.79 Å². The molecule has 0 atom stereocenters. The van der Waals surface area contributed by atoms with Gasteiger partial charge in [0, 0.05) is 19.4 Å². The van der Waals surface area contributed by atoms with Gasteiger partial charge in [0.1, 0.15) is 5.52 Å². The van der Waals surface area contributed by atoms with Crippen molar-refractivity contribution in [1.82, 2.24) is 19.7 Å². The summed E-state index contributed by atoms with van der Waals surface area (Å²) in [5.41, 5.74) is 5.86. The number of fused-ring (bicyclic) bond motifs is 1. The average molecular weight is 177 g/mol. The molecule has 13 heavy (non-hydrogen) atoms. The van der Waals surface area contributed by atoms with E-state index in [0.29, 0.717) is 5.52 Å². The number of hydrogen-bond donors (Lipinski definition) is 1. The molecule has 0 aliphatic carbocycles. The zero-order chi connectivity index (χ0) is 9.42. The maximum atomic E-state index is 11.4. The van der Waals surface area contributed by atoms with E-state index in [4.69, 9.17) is 5.73 Å². The van der Waals surface area contributed by atoms with E-state index in [-0.39, 0.29) is 16.9 Å². The number of aryl methyl sites for hydroxylation is 1. The Kier molecular flexibility index (Phi) is 1.48. The van der Waals surface area contributed by atoms with Gasteiger partial charge in [-0.1, -0.05) is 0 Å². The smallest absolute Gasteiger partial charge is 0.294 e. The lowest BCUT2D eigenvalue weighted by Crippen LogP contribution is -2.22. The van der Waals surface area contributed by atoms with Gasteiger partial charge < -0.3 is 5.73 Å². The molecule has 6 nitrogen and oxygen atoms in total. The summed E-state index contributed by atoms with van der Waals surface area (Å²) in [5.74, 6) is 0.213. The van der Waals surface area contributed by atoms with Crippen molar-refractivity contribution in [2.75, 3.05) is 5.73 Å². The van der Waals surface area contributed by atoms with Crippen molar-refractivity contribution in [2.45, 2.75) is 0 Å². The van der Waals surface area contributed by atoms with Gasteiger partial charge in [0.05, 0.1) is 0 Å². The molecule has 0 unspecified atom stereocenters. The van der Waals surface area contributed by atoms with Crippen LogP contribution in [0, 0.1) is 0 Å². The number of hydrogen-bond acceptors (Lipinski definition) is 5. The van der Waals surface area contributed by atoms with Crippen LogP contribution in [-0.2, 0) is 7.05 Å². The van der Waals surface area contributed by atoms with E-state index in [1.54, 1.807) is 0 Å². The highest BCUT2D eigenvalue weighted by Gasteiger charge is 2.06. The van der Waals surface area contributed by atoms with Gasteiger partial charge in [0.25, 0.3) is 5.56 Å². The highest BCUT2D eigenvalue weighted by atomic mass is 16.1. The van der Waals surface area contributed by atoms with Crippen LogP contribution in [0.1, 0.15) is 0 Å². The topological polar surface area (TPSA) is 86.7 Å². The molecule has 0 aromatic carbocycles. The molecule has 2 heterocycles. The first-order valence-electron chi connectivity index (χ1n) is 3.63. The Labute approximate surface area is 73.0 Å². The van der Waals surface area contributed by atoms with E-state index < -0.39 is 0 Å². The third kappa shape index (κ3) is 1.03. The molecule has 2 rings (SSSR count). The molecule has 2 aromatic heterocycles. The number of rotatable bonds is 0. The first-order valence-corrected chi connectivity index (χ1v) is 3.63. The first-order chi connectivity index (χ1) is 6.20. The summed E-state index contributed by atoms with van der Waals surface area (Å²) in [6, 6.07) is 0. The molecule has 0 bridgehead atoms. The predicted molar refractivity (Wildman–Crippen MR) is 47.0 cm³/mol. The number of anilines is 1. The van der Waals surface area contributed by atoms with Crippen LogP contribution in [0.4, 0.5) is 5.82 Å². The maximum Gasteiger partial charge on any atom is 0.294 e. The minimum atomic E-state index is -0.294. The van der Waals surface area contributed by atoms with Crippen LogP contribution in [0.3, 0.4) is 0 Å². The second-order valence-corrected chi connectivity index (χ2v) is 2.57. The van der Waals surface area contributed by atoms with E-state index in [1.165, 1.54) is 19.4 Å². The number of nitrogens with two attached hydrogens (primary N) is 1. The molecule has 0 aliphatic rings. The second kappa shape index (κ2) is 2.51. The number of aromatic nitrogens is 4. The van der Waals surface area contributed by atoms with Crippen molar-refractivity contribution in [3.63, 3.8) is 0 Å². The molecule has 0 spiro atoms. The summed E-state index contributed by atoms with van der Waals surface area (Å²) in [4.78, 5) is 19.2. The van der Waals surface area contributed by atoms with Gasteiger partial charge in [0.15, 0.2) is 11.3 Å². The van der Waals surface area contributed by atoms with Crippen LogP contribution in [0.2, 0.25) is 0 Å². The molecular weight excluding hydrogens is 170 g/mol. The molecule has 66 valence electrons. The zero-order valence-electron chi connectivity index (χ0n) is 6.93. The fourth-order valence-corrected chi connectivity index (χ4v) is 1.09. The van der Waals surface area contributed by atoms with Gasteiger partial charge in [-0.05, 0) is 0 Å². The van der Waals surface area contributed by atoms with Crippen LogP contribution in [-0.4, -0.2) is 19.7 Å². The molecule has 0 radical (unpaired) electrons. The quantitative estimate of drug-likeness (QED) is 0.575. The SMILES string of the molecule is Cn1nc(N)c2nccnc2c1=O. The molecule has 2 aromatic rings. The lowest BCUT2D eigenvalue weighted by molar-refractivity contribution is 0.721. The van der Waals surface area contributed by atoms with Crippen LogP contribution in [0.15, 0.2) is 17.2 Å². The Morgan fingerprint density at radius 3 is 2.62 bits per heavy atom. The fraction of sp³-hybridized carbons (Fsp3) is 0.143. The molecule has 6 heteroatoms. The highest BCUT2D eigenvalue weighted by molar-refractivity contribution is 5.82. The van der Waals surface area contributed by atoms with E-state index in [0.717, 1.165) is 4.68 Å². The standard InChI is InChI=1S/C7H7N5O/c1-12-7(13)5-4(6(8)11-12)9-2-3-10-5/h2-3H,1H3,(H2,8,11). The Balaban J connectivity index is 3.06. The molecule has 2 N–H and O–H groups in total. The van der Waals surface area contributed by atoms with Gasteiger partial charge in [-0.25, -0.2) is 14.6 Å². The lowest BCUT2D eigenvalue weighted by Gasteiger charge is -2.00. The third-order valence-electron chi connectivity index (χ3n) is 1.70. The second-order valence-electron chi connectivity index (χ2n) is 2.57. The predicted octanol–water partition coefficient (Wildman–Crippen LogP) is -0.694. The first kappa shape index (κ1) is 7.66. The minimum Gasteiger partial charge on any atom is -0.380 e. The Morgan fingerprint density at radius 2 is 1.92 bits per heavy atom. The van der Waals surface area contributed by atoms with Crippen LogP contribution in [0.5, 0.6) is 0 Å². The summed E-state index contributed by atoms with van der Waals surface area (Å²) >= 11 is 0. The maximum absolute atomic E-state index is 11.4. The summed E-state index contributed by atoms with van der Waals surface area (Å²) in [5, 5.41) is 3.78.